The molecule has 1 heterocycles. The SMILES string of the molecule is O=C(CCSc1ccc(F)c(F)c1)NCCc1ncc[nH]1. The lowest BCUT2D eigenvalue weighted by molar-refractivity contribution is -0.120. The maximum Gasteiger partial charge on any atom is 0.220 e. The number of imidazole rings is 1. The molecule has 2 rings (SSSR count). The van der Waals surface area contributed by atoms with Gasteiger partial charge < -0.3 is 10.3 Å². The molecule has 21 heavy (non-hydrogen) atoms. The molecule has 0 bridgehead atoms. The lowest BCUT2D eigenvalue weighted by Crippen LogP contribution is -2.26. The number of amides is 1. The first kappa shape index (κ1) is 15.5. The molecule has 0 aliphatic heterocycles. The molecular formula is C14H15F2N3OS. The van der Waals surface area contributed by atoms with Crippen LogP contribution in [0, 0.1) is 11.6 Å². The van der Waals surface area contributed by atoms with Crippen LogP contribution in [0.5, 0.6) is 0 Å². The number of benzene rings is 1. The Balaban J connectivity index is 1.63. The summed E-state index contributed by atoms with van der Waals surface area (Å²) in [6.45, 7) is 0.516. The first-order valence-electron chi connectivity index (χ1n) is 6.48. The third-order valence-electron chi connectivity index (χ3n) is 2.73. The number of carbonyl (C=O) groups is 1. The van der Waals surface area contributed by atoms with Crippen molar-refractivity contribution in [3.8, 4) is 0 Å². The van der Waals surface area contributed by atoms with Crippen molar-refractivity contribution in [1.82, 2.24) is 15.3 Å². The van der Waals surface area contributed by atoms with E-state index in [1.165, 1.54) is 17.8 Å². The number of aromatic nitrogens is 2. The average molecular weight is 311 g/mol. The minimum atomic E-state index is -0.872. The molecule has 0 saturated heterocycles. The summed E-state index contributed by atoms with van der Waals surface area (Å²) in [7, 11) is 0. The van der Waals surface area contributed by atoms with E-state index in [2.05, 4.69) is 15.3 Å². The molecule has 1 aromatic heterocycles. The third-order valence-corrected chi connectivity index (χ3v) is 3.72. The molecule has 0 atom stereocenters. The molecule has 0 saturated carbocycles. The molecule has 0 unspecified atom stereocenters. The maximum absolute atomic E-state index is 13.0. The molecule has 112 valence electrons. The second kappa shape index (κ2) is 7.78. The number of hydrogen-bond donors (Lipinski definition) is 2. The Bertz CT molecular complexity index is 590. The van der Waals surface area contributed by atoms with Crippen LogP contribution >= 0.6 is 11.8 Å². The predicted octanol–water partition coefficient (Wildman–Crippen LogP) is 2.53. The molecule has 1 aromatic carbocycles. The zero-order valence-electron chi connectivity index (χ0n) is 11.2. The topological polar surface area (TPSA) is 57.8 Å². The van der Waals surface area contributed by atoms with E-state index >= 15 is 0 Å². The predicted molar refractivity (Wildman–Crippen MR) is 77.0 cm³/mol. The van der Waals surface area contributed by atoms with Gasteiger partial charge >= 0.3 is 0 Å². The van der Waals surface area contributed by atoms with Crippen molar-refractivity contribution in [3.05, 3.63) is 48.1 Å². The molecule has 0 spiro atoms. The van der Waals surface area contributed by atoms with E-state index in [1.54, 1.807) is 12.4 Å². The summed E-state index contributed by atoms with van der Waals surface area (Å²) in [6.07, 6.45) is 4.36. The van der Waals surface area contributed by atoms with Crippen molar-refractivity contribution in [2.45, 2.75) is 17.7 Å². The highest BCUT2D eigenvalue weighted by atomic mass is 32.2. The number of nitrogens with zero attached hydrogens (tertiary/aromatic N) is 1. The van der Waals surface area contributed by atoms with Crippen LogP contribution in [0.1, 0.15) is 12.2 Å². The normalized spacial score (nSPS) is 10.6. The van der Waals surface area contributed by atoms with Crippen LogP contribution in [-0.2, 0) is 11.2 Å². The van der Waals surface area contributed by atoms with Gasteiger partial charge in [0, 0.05) is 42.4 Å². The first-order chi connectivity index (χ1) is 10.1. The summed E-state index contributed by atoms with van der Waals surface area (Å²) in [5.74, 6) is -0.474. The lowest BCUT2D eigenvalue weighted by Gasteiger charge is -2.04. The summed E-state index contributed by atoms with van der Waals surface area (Å²) in [6, 6.07) is 3.72. The monoisotopic (exact) mass is 311 g/mol. The van der Waals surface area contributed by atoms with Gasteiger partial charge in [0.05, 0.1) is 0 Å². The minimum Gasteiger partial charge on any atom is -0.356 e. The number of hydrogen-bond acceptors (Lipinski definition) is 3. The number of H-pyrrole nitrogens is 1. The summed E-state index contributed by atoms with van der Waals surface area (Å²) in [5, 5.41) is 2.78. The number of aromatic amines is 1. The van der Waals surface area contributed by atoms with E-state index in [9.17, 15) is 13.6 Å². The standard InChI is InChI=1S/C14H15F2N3OS/c15-11-2-1-10(9-12(11)16)21-8-4-14(20)19-5-3-13-17-6-7-18-13/h1-2,6-7,9H,3-5,8H2,(H,17,18)(H,19,20). The van der Waals surface area contributed by atoms with Crippen molar-refractivity contribution in [3.63, 3.8) is 0 Å². The van der Waals surface area contributed by atoms with E-state index in [1.807, 2.05) is 0 Å². The van der Waals surface area contributed by atoms with Gasteiger partial charge in [0.15, 0.2) is 11.6 Å². The van der Waals surface area contributed by atoms with Crippen molar-refractivity contribution in [2.24, 2.45) is 0 Å². The highest BCUT2D eigenvalue weighted by molar-refractivity contribution is 7.99. The molecule has 0 aliphatic rings. The molecule has 4 nitrogen and oxygen atoms in total. The zero-order chi connectivity index (χ0) is 15.1. The van der Waals surface area contributed by atoms with Crippen LogP contribution in [-0.4, -0.2) is 28.2 Å². The molecule has 7 heteroatoms. The summed E-state index contributed by atoms with van der Waals surface area (Å²) >= 11 is 1.32. The van der Waals surface area contributed by atoms with Crippen molar-refractivity contribution >= 4 is 17.7 Å². The fourth-order valence-corrected chi connectivity index (χ4v) is 2.55. The molecule has 0 aliphatic carbocycles. The van der Waals surface area contributed by atoms with Gasteiger partial charge in [-0.1, -0.05) is 0 Å². The quantitative estimate of drug-likeness (QED) is 0.773. The van der Waals surface area contributed by atoms with E-state index in [0.717, 1.165) is 18.0 Å². The molecule has 1 amide bonds. The number of halogens is 2. The van der Waals surface area contributed by atoms with Gasteiger partial charge in [-0.2, -0.15) is 0 Å². The van der Waals surface area contributed by atoms with E-state index in [4.69, 9.17) is 0 Å². The van der Waals surface area contributed by atoms with Crippen molar-refractivity contribution < 1.29 is 13.6 Å². The number of nitrogens with one attached hydrogen (secondary N) is 2. The molecular weight excluding hydrogens is 296 g/mol. The lowest BCUT2D eigenvalue weighted by atomic mass is 10.3. The van der Waals surface area contributed by atoms with Gasteiger partial charge in [-0.15, -0.1) is 11.8 Å². The van der Waals surface area contributed by atoms with Crippen LogP contribution in [0.15, 0.2) is 35.5 Å². The van der Waals surface area contributed by atoms with Gasteiger partial charge in [-0.25, -0.2) is 13.8 Å². The molecule has 2 N–H and O–H groups in total. The Morgan fingerprint density at radius 3 is 2.90 bits per heavy atom. The number of rotatable bonds is 7. The zero-order valence-corrected chi connectivity index (χ0v) is 12.1. The smallest absolute Gasteiger partial charge is 0.220 e. The van der Waals surface area contributed by atoms with Crippen LogP contribution in [0.25, 0.3) is 0 Å². The van der Waals surface area contributed by atoms with Gasteiger partial charge in [0.1, 0.15) is 5.82 Å². The summed E-state index contributed by atoms with van der Waals surface area (Å²) < 4.78 is 25.7. The van der Waals surface area contributed by atoms with E-state index < -0.39 is 11.6 Å². The molecule has 0 fully saturated rings. The largest absolute Gasteiger partial charge is 0.356 e. The Hall–Kier alpha value is -1.89. The van der Waals surface area contributed by atoms with Crippen LogP contribution in [0.2, 0.25) is 0 Å². The van der Waals surface area contributed by atoms with Crippen LogP contribution in [0.3, 0.4) is 0 Å². The van der Waals surface area contributed by atoms with Gasteiger partial charge in [-0.3, -0.25) is 4.79 Å². The Morgan fingerprint density at radius 1 is 1.33 bits per heavy atom. The summed E-state index contributed by atoms with van der Waals surface area (Å²) in [5.41, 5.74) is 0. The van der Waals surface area contributed by atoms with Gasteiger partial charge in [-0.05, 0) is 18.2 Å². The first-order valence-corrected chi connectivity index (χ1v) is 7.46. The number of carbonyl (C=O) groups excluding carboxylic acids is 1. The highest BCUT2D eigenvalue weighted by Gasteiger charge is 2.05. The second-order valence-electron chi connectivity index (χ2n) is 4.31. The van der Waals surface area contributed by atoms with E-state index in [-0.39, 0.29) is 5.91 Å². The fourth-order valence-electron chi connectivity index (χ4n) is 1.67. The van der Waals surface area contributed by atoms with Crippen molar-refractivity contribution in [1.29, 1.82) is 0 Å². The number of thioether (sulfide) groups is 1. The van der Waals surface area contributed by atoms with Gasteiger partial charge in [0.25, 0.3) is 0 Å². The second-order valence-corrected chi connectivity index (χ2v) is 5.48. The Kier molecular flexibility index (Phi) is 5.74. The third kappa shape index (κ3) is 5.18. The van der Waals surface area contributed by atoms with Gasteiger partial charge in [0.2, 0.25) is 5.91 Å². The van der Waals surface area contributed by atoms with E-state index in [0.29, 0.717) is 30.0 Å². The van der Waals surface area contributed by atoms with Crippen LogP contribution < -0.4 is 5.32 Å². The average Bonchev–Trinajstić information content (AvgIpc) is 2.96. The molecule has 2 aromatic rings. The fraction of sp³-hybridized carbons (Fsp3) is 0.286. The molecule has 0 radical (unpaired) electrons. The maximum atomic E-state index is 13.0. The minimum absolute atomic E-state index is 0.0726. The highest BCUT2D eigenvalue weighted by Crippen LogP contribution is 2.20. The summed E-state index contributed by atoms with van der Waals surface area (Å²) in [4.78, 5) is 19.2. The Morgan fingerprint density at radius 2 is 2.19 bits per heavy atom. The Labute approximate surface area is 125 Å². The van der Waals surface area contributed by atoms with Crippen LogP contribution in [0.4, 0.5) is 8.78 Å². The van der Waals surface area contributed by atoms with Crippen molar-refractivity contribution in [2.75, 3.05) is 12.3 Å².